The number of hydrogen-bond acceptors (Lipinski definition) is 6. The summed E-state index contributed by atoms with van der Waals surface area (Å²) >= 11 is 0. The second-order valence-corrected chi connectivity index (χ2v) is 6.61. The van der Waals surface area contributed by atoms with E-state index in [1.807, 2.05) is 30.3 Å². The number of nitrogens with zero attached hydrogens (tertiary/aromatic N) is 3. The van der Waals surface area contributed by atoms with Crippen molar-refractivity contribution in [2.24, 2.45) is 0 Å². The number of ether oxygens (including phenoxy) is 1. The van der Waals surface area contributed by atoms with E-state index in [2.05, 4.69) is 25.5 Å². The zero-order valence-corrected chi connectivity index (χ0v) is 15.6. The van der Waals surface area contributed by atoms with Crippen LogP contribution in [0.4, 0.5) is 10.5 Å². The first-order chi connectivity index (χ1) is 13.8. The summed E-state index contributed by atoms with van der Waals surface area (Å²) in [5.74, 6) is 0.475. The molecule has 8 heteroatoms. The van der Waals surface area contributed by atoms with Crippen LogP contribution < -0.4 is 10.6 Å². The molecule has 1 fully saturated rings. The van der Waals surface area contributed by atoms with Gasteiger partial charge in [0.25, 0.3) is 0 Å². The molecule has 1 aliphatic rings. The minimum atomic E-state index is -0.224. The third-order valence-electron chi connectivity index (χ3n) is 4.57. The van der Waals surface area contributed by atoms with Gasteiger partial charge in [-0.25, -0.2) is 9.78 Å². The van der Waals surface area contributed by atoms with Crippen LogP contribution in [0.3, 0.4) is 0 Å². The van der Waals surface area contributed by atoms with Gasteiger partial charge >= 0.3 is 6.03 Å². The predicted octanol–water partition coefficient (Wildman–Crippen LogP) is 2.73. The molecule has 0 spiro atoms. The van der Waals surface area contributed by atoms with Gasteiger partial charge in [-0.3, -0.25) is 4.90 Å². The Morgan fingerprint density at radius 2 is 2.07 bits per heavy atom. The Hall–Kier alpha value is -2.97. The number of rotatable bonds is 6. The van der Waals surface area contributed by atoms with Crippen molar-refractivity contribution in [1.29, 1.82) is 0 Å². The molecule has 1 aromatic carbocycles. The normalized spacial score (nSPS) is 14.9. The number of oxazole rings is 1. The number of hydrogen-bond donors (Lipinski definition) is 2. The van der Waals surface area contributed by atoms with Gasteiger partial charge in [0.15, 0.2) is 11.2 Å². The van der Waals surface area contributed by atoms with Gasteiger partial charge in [-0.15, -0.1) is 0 Å². The van der Waals surface area contributed by atoms with Crippen molar-refractivity contribution in [1.82, 2.24) is 20.2 Å². The molecule has 2 N–H and O–H groups in total. The molecule has 3 aromatic rings. The van der Waals surface area contributed by atoms with Gasteiger partial charge in [-0.1, -0.05) is 6.07 Å². The lowest BCUT2D eigenvalue weighted by Crippen LogP contribution is -2.38. The molecule has 4 rings (SSSR count). The maximum Gasteiger partial charge on any atom is 0.319 e. The van der Waals surface area contributed by atoms with Crippen LogP contribution in [-0.2, 0) is 4.74 Å². The van der Waals surface area contributed by atoms with Crippen LogP contribution in [0.5, 0.6) is 0 Å². The number of anilines is 1. The maximum atomic E-state index is 12.1. The second kappa shape index (κ2) is 8.81. The van der Waals surface area contributed by atoms with E-state index in [0.29, 0.717) is 29.4 Å². The van der Waals surface area contributed by atoms with Gasteiger partial charge in [0.05, 0.1) is 13.2 Å². The fourth-order valence-corrected chi connectivity index (χ4v) is 3.13. The van der Waals surface area contributed by atoms with Crippen molar-refractivity contribution in [3.63, 3.8) is 0 Å². The zero-order chi connectivity index (χ0) is 19.2. The van der Waals surface area contributed by atoms with Crippen LogP contribution >= 0.6 is 0 Å². The van der Waals surface area contributed by atoms with Gasteiger partial charge in [0, 0.05) is 37.1 Å². The van der Waals surface area contributed by atoms with Gasteiger partial charge in [-0.2, -0.15) is 4.98 Å². The van der Waals surface area contributed by atoms with E-state index in [9.17, 15) is 4.79 Å². The summed E-state index contributed by atoms with van der Waals surface area (Å²) in [4.78, 5) is 23.1. The first-order valence-electron chi connectivity index (χ1n) is 9.45. The van der Waals surface area contributed by atoms with E-state index < -0.39 is 0 Å². The number of pyridine rings is 1. The molecule has 1 aliphatic heterocycles. The predicted molar refractivity (Wildman–Crippen MR) is 106 cm³/mol. The molecular formula is C20H23N5O3. The molecule has 0 aliphatic carbocycles. The Bertz CT molecular complexity index is 903. The maximum absolute atomic E-state index is 12.1. The minimum absolute atomic E-state index is 0.224. The Kier molecular flexibility index (Phi) is 5.79. The van der Waals surface area contributed by atoms with Crippen molar-refractivity contribution < 1.29 is 13.9 Å². The Labute approximate surface area is 162 Å². The van der Waals surface area contributed by atoms with Crippen molar-refractivity contribution in [3.8, 4) is 11.5 Å². The van der Waals surface area contributed by atoms with Crippen LogP contribution in [0.1, 0.15) is 6.42 Å². The zero-order valence-electron chi connectivity index (χ0n) is 15.6. The molecular weight excluding hydrogens is 358 g/mol. The largest absolute Gasteiger partial charge is 0.434 e. The minimum Gasteiger partial charge on any atom is -0.434 e. The van der Waals surface area contributed by atoms with Gasteiger partial charge in [0.2, 0.25) is 5.89 Å². The molecule has 0 radical (unpaired) electrons. The average Bonchev–Trinajstić information content (AvgIpc) is 3.17. The molecule has 0 unspecified atom stereocenters. The number of fused-ring (bicyclic) bond motifs is 1. The molecule has 8 nitrogen and oxygen atoms in total. The summed E-state index contributed by atoms with van der Waals surface area (Å²) in [5.41, 5.74) is 2.66. The third kappa shape index (κ3) is 4.65. The standard InChI is InChI=1S/C20H23N5O3/c26-20(22-8-3-9-25-10-12-27-13-11-25)23-16-5-1-4-15(14-16)19-24-18-17(28-19)6-2-7-21-18/h1-2,4-7,14H,3,8-13H2,(H2,22,23,26). The fraction of sp³-hybridized carbons (Fsp3) is 0.350. The summed E-state index contributed by atoms with van der Waals surface area (Å²) in [7, 11) is 0. The van der Waals surface area contributed by atoms with Gasteiger partial charge in [0.1, 0.15) is 0 Å². The molecule has 2 amide bonds. The molecule has 0 bridgehead atoms. The summed E-state index contributed by atoms with van der Waals surface area (Å²) in [6.07, 6.45) is 2.58. The van der Waals surface area contributed by atoms with Gasteiger partial charge < -0.3 is 19.8 Å². The fourth-order valence-electron chi connectivity index (χ4n) is 3.13. The van der Waals surface area contributed by atoms with Crippen LogP contribution in [0.15, 0.2) is 47.0 Å². The topological polar surface area (TPSA) is 92.5 Å². The Morgan fingerprint density at radius 3 is 2.93 bits per heavy atom. The molecule has 3 heterocycles. The Morgan fingerprint density at radius 1 is 1.18 bits per heavy atom. The highest BCUT2D eigenvalue weighted by molar-refractivity contribution is 5.90. The van der Waals surface area contributed by atoms with E-state index >= 15 is 0 Å². The quantitative estimate of drug-likeness (QED) is 0.638. The van der Waals surface area contributed by atoms with Crippen molar-refractivity contribution >= 4 is 22.9 Å². The number of urea groups is 1. The number of morpholine rings is 1. The summed E-state index contributed by atoms with van der Waals surface area (Å²) in [6, 6.07) is 10.8. The third-order valence-corrected chi connectivity index (χ3v) is 4.57. The molecule has 0 atom stereocenters. The Balaban J connectivity index is 1.29. The average molecular weight is 381 g/mol. The number of benzene rings is 1. The molecule has 28 heavy (non-hydrogen) atoms. The number of aromatic nitrogens is 2. The lowest BCUT2D eigenvalue weighted by atomic mass is 10.2. The van der Waals surface area contributed by atoms with E-state index in [1.54, 1.807) is 12.3 Å². The van der Waals surface area contributed by atoms with Crippen LogP contribution in [-0.4, -0.2) is 60.3 Å². The van der Waals surface area contributed by atoms with Crippen molar-refractivity contribution in [3.05, 3.63) is 42.6 Å². The second-order valence-electron chi connectivity index (χ2n) is 6.61. The number of carbonyl (C=O) groups is 1. The van der Waals surface area contributed by atoms with Crippen LogP contribution in [0, 0.1) is 0 Å². The molecule has 1 saturated heterocycles. The highest BCUT2D eigenvalue weighted by Crippen LogP contribution is 2.25. The van der Waals surface area contributed by atoms with Crippen LogP contribution in [0.2, 0.25) is 0 Å². The molecule has 146 valence electrons. The highest BCUT2D eigenvalue weighted by atomic mass is 16.5. The molecule has 2 aromatic heterocycles. The van der Waals surface area contributed by atoms with E-state index in [1.165, 1.54) is 0 Å². The van der Waals surface area contributed by atoms with Crippen LogP contribution in [0.25, 0.3) is 22.7 Å². The lowest BCUT2D eigenvalue weighted by molar-refractivity contribution is 0.0375. The van der Waals surface area contributed by atoms with E-state index in [4.69, 9.17) is 9.15 Å². The van der Waals surface area contributed by atoms with E-state index in [-0.39, 0.29) is 6.03 Å². The number of nitrogens with one attached hydrogen (secondary N) is 2. The molecule has 0 saturated carbocycles. The summed E-state index contributed by atoms with van der Waals surface area (Å²) < 4.78 is 11.1. The van der Waals surface area contributed by atoms with E-state index in [0.717, 1.165) is 44.8 Å². The highest BCUT2D eigenvalue weighted by Gasteiger charge is 2.11. The number of carbonyl (C=O) groups excluding carboxylic acids is 1. The SMILES string of the molecule is O=C(NCCCN1CCOCC1)Nc1cccc(-c2nc3ncccc3o2)c1. The first kappa shape index (κ1) is 18.4. The monoisotopic (exact) mass is 381 g/mol. The lowest BCUT2D eigenvalue weighted by Gasteiger charge is -2.26. The number of amides is 2. The van der Waals surface area contributed by atoms with Gasteiger partial charge in [-0.05, 0) is 43.3 Å². The summed E-state index contributed by atoms with van der Waals surface area (Å²) in [5, 5.41) is 5.75. The smallest absolute Gasteiger partial charge is 0.319 e. The van der Waals surface area contributed by atoms with Crippen molar-refractivity contribution in [2.75, 3.05) is 44.7 Å². The first-order valence-corrected chi connectivity index (χ1v) is 9.45. The van der Waals surface area contributed by atoms with Crippen molar-refractivity contribution in [2.45, 2.75) is 6.42 Å². The summed E-state index contributed by atoms with van der Waals surface area (Å²) in [6.45, 7) is 5.10.